The number of nitrogens with two attached hydrogens (primary N) is 1. The molecule has 1 amide bonds. The number of anilines is 2. The van der Waals surface area contributed by atoms with Crippen LogP contribution in [0.4, 0.5) is 11.8 Å². The van der Waals surface area contributed by atoms with Crippen molar-refractivity contribution in [2.24, 2.45) is 0 Å². The predicted octanol–water partition coefficient (Wildman–Crippen LogP) is 1.70. The molecule has 2 aromatic heterocycles. The first-order chi connectivity index (χ1) is 10.5. The average molecular weight is 317 g/mol. The van der Waals surface area contributed by atoms with Crippen LogP contribution >= 0.6 is 11.3 Å². The van der Waals surface area contributed by atoms with Gasteiger partial charge in [0.2, 0.25) is 5.95 Å². The summed E-state index contributed by atoms with van der Waals surface area (Å²) in [7, 11) is 0. The summed E-state index contributed by atoms with van der Waals surface area (Å²) in [5.41, 5.74) is 6.56. The molecule has 0 radical (unpaired) electrons. The highest BCUT2D eigenvalue weighted by Crippen LogP contribution is 2.20. The largest absolute Gasteiger partial charge is 0.368 e. The van der Waals surface area contributed by atoms with Crippen LogP contribution in [0.1, 0.15) is 20.2 Å². The van der Waals surface area contributed by atoms with Crippen LogP contribution in [0.25, 0.3) is 0 Å². The summed E-state index contributed by atoms with van der Waals surface area (Å²) < 4.78 is 0. The summed E-state index contributed by atoms with van der Waals surface area (Å²) >= 11 is 1.55. The number of carbonyl (C=O) groups excluding carboxylic acids is 1. The van der Waals surface area contributed by atoms with Crippen molar-refractivity contribution in [1.29, 1.82) is 0 Å². The molecular weight excluding hydrogens is 298 g/mol. The number of amides is 1. The first kappa shape index (κ1) is 14.8. The number of aryl methyl sites for hydroxylation is 2. The Morgan fingerprint density at radius 3 is 2.50 bits per heavy atom. The van der Waals surface area contributed by atoms with Crippen LogP contribution in [-0.4, -0.2) is 47.0 Å². The molecule has 22 heavy (non-hydrogen) atoms. The molecule has 2 N–H and O–H groups in total. The van der Waals surface area contributed by atoms with Crippen molar-refractivity contribution in [1.82, 2.24) is 14.9 Å². The zero-order valence-corrected chi connectivity index (χ0v) is 13.6. The normalized spacial score (nSPS) is 15.2. The lowest BCUT2D eigenvalue weighted by molar-refractivity contribution is 0.0751. The Hall–Kier alpha value is -2.15. The number of rotatable bonds is 2. The van der Waals surface area contributed by atoms with E-state index in [-0.39, 0.29) is 5.91 Å². The summed E-state index contributed by atoms with van der Waals surface area (Å²) in [6.07, 6.45) is 0. The number of carbonyl (C=O) groups is 1. The highest BCUT2D eigenvalue weighted by atomic mass is 32.1. The quantitative estimate of drug-likeness (QED) is 0.912. The number of nitrogens with zero attached hydrogens (tertiary/aromatic N) is 4. The van der Waals surface area contributed by atoms with E-state index in [1.807, 2.05) is 36.9 Å². The van der Waals surface area contributed by atoms with Gasteiger partial charge in [0.1, 0.15) is 5.82 Å². The zero-order chi connectivity index (χ0) is 15.7. The van der Waals surface area contributed by atoms with Crippen molar-refractivity contribution < 1.29 is 4.79 Å². The van der Waals surface area contributed by atoms with E-state index in [1.54, 1.807) is 11.3 Å². The van der Waals surface area contributed by atoms with E-state index in [9.17, 15) is 4.79 Å². The van der Waals surface area contributed by atoms with Crippen LogP contribution in [0.5, 0.6) is 0 Å². The van der Waals surface area contributed by atoms with Gasteiger partial charge in [-0.25, -0.2) is 4.98 Å². The molecule has 1 aliphatic rings. The van der Waals surface area contributed by atoms with Gasteiger partial charge in [-0.1, -0.05) is 0 Å². The lowest BCUT2D eigenvalue weighted by Crippen LogP contribution is -2.49. The lowest BCUT2D eigenvalue weighted by Gasteiger charge is -2.35. The Balaban J connectivity index is 1.66. The number of aromatic nitrogens is 2. The van der Waals surface area contributed by atoms with Gasteiger partial charge in [-0.3, -0.25) is 4.79 Å². The summed E-state index contributed by atoms with van der Waals surface area (Å²) in [5, 5.41) is 0. The summed E-state index contributed by atoms with van der Waals surface area (Å²) in [6, 6.07) is 5.82. The van der Waals surface area contributed by atoms with Crippen LogP contribution in [0, 0.1) is 13.8 Å². The molecule has 0 atom stereocenters. The van der Waals surface area contributed by atoms with E-state index in [0.717, 1.165) is 34.4 Å². The fraction of sp³-hybridized carbons (Fsp3) is 0.400. The molecule has 0 unspecified atom stereocenters. The number of hydrogen-bond acceptors (Lipinski definition) is 6. The highest BCUT2D eigenvalue weighted by molar-refractivity contribution is 7.13. The van der Waals surface area contributed by atoms with E-state index >= 15 is 0 Å². The van der Waals surface area contributed by atoms with E-state index in [4.69, 9.17) is 5.73 Å². The van der Waals surface area contributed by atoms with E-state index in [0.29, 0.717) is 19.0 Å². The number of nitrogen functional groups attached to an aromatic ring is 1. The lowest BCUT2D eigenvalue weighted by atomic mass is 10.2. The van der Waals surface area contributed by atoms with Crippen molar-refractivity contribution in [3.8, 4) is 0 Å². The second-order valence-electron chi connectivity index (χ2n) is 5.42. The maximum atomic E-state index is 12.4. The minimum absolute atomic E-state index is 0.121. The topological polar surface area (TPSA) is 75.3 Å². The molecule has 3 rings (SSSR count). The molecule has 116 valence electrons. The molecule has 6 nitrogen and oxygen atoms in total. The summed E-state index contributed by atoms with van der Waals surface area (Å²) in [6.45, 7) is 6.82. The van der Waals surface area contributed by atoms with Crippen molar-refractivity contribution in [3.63, 3.8) is 0 Å². The van der Waals surface area contributed by atoms with Gasteiger partial charge in [0, 0.05) is 42.8 Å². The smallest absolute Gasteiger partial charge is 0.264 e. The van der Waals surface area contributed by atoms with Crippen molar-refractivity contribution in [2.75, 3.05) is 36.8 Å². The Bertz CT molecular complexity index is 671. The van der Waals surface area contributed by atoms with Crippen LogP contribution < -0.4 is 10.6 Å². The second kappa shape index (κ2) is 5.92. The molecule has 1 fully saturated rings. The van der Waals surface area contributed by atoms with Gasteiger partial charge in [0.05, 0.1) is 4.88 Å². The van der Waals surface area contributed by atoms with Gasteiger partial charge in [0.15, 0.2) is 0 Å². The summed E-state index contributed by atoms with van der Waals surface area (Å²) in [4.78, 5) is 26.8. The first-order valence-corrected chi connectivity index (χ1v) is 8.06. The molecule has 1 aliphatic heterocycles. The highest BCUT2D eigenvalue weighted by Gasteiger charge is 2.24. The standard InChI is InChI=1S/C15H19N5OS/c1-10-9-13(18-15(16)17-10)19-5-7-20(8-6-19)14(21)12-4-3-11(2)22-12/h3-4,9H,5-8H2,1-2H3,(H2,16,17,18). The molecule has 0 aliphatic carbocycles. The third-order valence-electron chi connectivity index (χ3n) is 3.70. The Kier molecular flexibility index (Phi) is 3.98. The molecule has 0 saturated carbocycles. The minimum Gasteiger partial charge on any atom is -0.368 e. The number of thiophene rings is 1. The maximum absolute atomic E-state index is 12.4. The monoisotopic (exact) mass is 317 g/mol. The van der Waals surface area contributed by atoms with E-state index in [2.05, 4.69) is 14.9 Å². The van der Waals surface area contributed by atoms with Gasteiger partial charge in [-0.15, -0.1) is 11.3 Å². The number of hydrogen-bond donors (Lipinski definition) is 1. The molecule has 0 spiro atoms. The van der Waals surface area contributed by atoms with Crippen LogP contribution in [0.3, 0.4) is 0 Å². The predicted molar refractivity (Wildman–Crippen MR) is 88.4 cm³/mol. The van der Waals surface area contributed by atoms with Crippen LogP contribution in [0.2, 0.25) is 0 Å². The SMILES string of the molecule is Cc1cc(N2CCN(C(=O)c3ccc(C)s3)CC2)nc(N)n1. The molecule has 2 aromatic rings. The molecule has 0 bridgehead atoms. The second-order valence-corrected chi connectivity index (χ2v) is 6.70. The van der Waals surface area contributed by atoms with Gasteiger partial charge in [-0.05, 0) is 26.0 Å². The maximum Gasteiger partial charge on any atom is 0.264 e. The van der Waals surface area contributed by atoms with Gasteiger partial charge >= 0.3 is 0 Å². The Labute approximate surface area is 133 Å². The molecule has 1 saturated heterocycles. The molecule has 7 heteroatoms. The average Bonchev–Trinajstić information content (AvgIpc) is 2.92. The third-order valence-corrected chi connectivity index (χ3v) is 4.69. The Morgan fingerprint density at radius 2 is 1.91 bits per heavy atom. The molecular formula is C15H19N5OS. The van der Waals surface area contributed by atoms with Crippen molar-refractivity contribution >= 4 is 29.0 Å². The fourth-order valence-electron chi connectivity index (χ4n) is 2.58. The molecule has 3 heterocycles. The third kappa shape index (κ3) is 3.04. The number of piperazine rings is 1. The van der Waals surface area contributed by atoms with Crippen LogP contribution in [-0.2, 0) is 0 Å². The van der Waals surface area contributed by atoms with Crippen molar-refractivity contribution in [3.05, 3.63) is 33.6 Å². The molecule has 0 aromatic carbocycles. The van der Waals surface area contributed by atoms with E-state index in [1.165, 1.54) is 0 Å². The zero-order valence-electron chi connectivity index (χ0n) is 12.7. The summed E-state index contributed by atoms with van der Waals surface area (Å²) in [5.74, 6) is 1.25. The van der Waals surface area contributed by atoms with E-state index < -0.39 is 0 Å². The van der Waals surface area contributed by atoms with Crippen LogP contribution in [0.15, 0.2) is 18.2 Å². The van der Waals surface area contributed by atoms with Gasteiger partial charge in [0.25, 0.3) is 5.91 Å². The van der Waals surface area contributed by atoms with Gasteiger partial charge in [-0.2, -0.15) is 4.98 Å². The fourth-order valence-corrected chi connectivity index (χ4v) is 3.42. The Morgan fingerprint density at radius 1 is 1.18 bits per heavy atom. The van der Waals surface area contributed by atoms with Crippen molar-refractivity contribution in [2.45, 2.75) is 13.8 Å². The van der Waals surface area contributed by atoms with Gasteiger partial charge < -0.3 is 15.5 Å². The minimum atomic E-state index is 0.121. The first-order valence-electron chi connectivity index (χ1n) is 7.25.